The predicted octanol–water partition coefficient (Wildman–Crippen LogP) is -0.358. The second-order valence-electron chi connectivity index (χ2n) is 6.65. The predicted molar refractivity (Wildman–Crippen MR) is 93.8 cm³/mol. The highest BCUT2D eigenvalue weighted by molar-refractivity contribution is 5.76. The number of benzene rings is 1. The monoisotopic (exact) mass is 373 g/mol. The van der Waals surface area contributed by atoms with Gasteiger partial charge < -0.3 is 19.5 Å². The standard InChI is InChI=1S/C18H19N3O6/c22-13-8-20(18(25)9-21-17(24)4-3-16(23)19-21)6-5-12(13)11-1-2-14-15(7-11)27-10-26-14/h1-4,7,12-13,22H,5-6,8-10H2,(H,19,23)/t12-,13+/m0/s1. The molecule has 3 heterocycles. The van der Waals surface area contributed by atoms with Gasteiger partial charge in [0.15, 0.2) is 11.5 Å². The Labute approximate surface area is 153 Å². The fraction of sp³-hybridized carbons (Fsp3) is 0.389. The third-order valence-electron chi connectivity index (χ3n) is 4.94. The Kier molecular flexibility index (Phi) is 4.44. The maximum Gasteiger partial charge on any atom is 0.265 e. The third kappa shape index (κ3) is 3.45. The number of aliphatic hydroxyl groups is 1. The highest BCUT2D eigenvalue weighted by Crippen LogP contribution is 2.37. The SMILES string of the molecule is O=C(Cn1[nH]c(=O)ccc1=O)N1CC[C@@H](c2ccc3c(c2)OCO3)[C@H](O)C1. The summed E-state index contributed by atoms with van der Waals surface area (Å²) in [6.07, 6.45) is -0.165. The minimum Gasteiger partial charge on any atom is -0.454 e. The van der Waals surface area contributed by atoms with Crippen molar-refractivity contribution in [3.8, 4) is 11.5 Å². The average molecular weight is 373 g/mol. The Hall–Kier alpha value is -3.07. The van der Waals surface area contributed by atoms with Crippen LogP contribution in [0.3, 0.4) is 0 Å². The zero-order chi connectivity index (χ0) is 19.0. The first-order chi connectivity index (χ1) is 13.0. The molecule has 2 aromatic rings. The first-order valence-corrected chi connectivity index (χ1v) is 8.67. The molecule has 142 valence electrons. The fourth-order valence-corrected chi connectivity index (χ4v) is 3.51. The summed E-state index contributed by atoms with van der Waals surface area (Å²) < 4.78 is 11.7. The van der Waals surface area contributed by atoms with Crippen LogP contribution in [-0.2, 0) is 11.3 Å². The Morgan fingerprint density at radius 2 is 2.00 bits per heavy atom. The van der Waals surface area contributed by atoms with E-state index in [2.05, 4.69) is 5.10 Å². The van der Waals surface area contributed by atoms with E-state index in [-0.39, 0.29) is 31.7 Å². The van der Waals surface area contributed by atoms with E-state index in [1.165, 1.54) is 4.90 Å². The quantitative estimate of drug-likeness (QED) is 0.760. The molecule has 2 atom stereocenters. The van der Waals surface area contributed by atoms with Crippen molar-refractivity contribution < 1.29 is 19.4 Å². The van der Waals surface area contributed by atoms with Crippen LogP contribution in [0.25, 0.3) is 0 Å². The number of aromatic amines is 1. The van der Waals surface area contributed by atoms with Crippen molar-refractivity contribution in [2.24, 2.45) is 0 Å². The molecule has 0 unspecified atom stereocenters. The van der Waals surface area contributed by atoms with Gasteiger partial charge in [0.25, 0.3) is 11.1 Å². The number of aromatic nitrogens is 2. The lowest BCUT2D eigenvalue weighted by Crippen LogP contribution is -2.47. The molecule has 9 nitrogen and oxygen atoms in total. The number of nitrogens with one attached hydrogen (secondary N) is 1. The number of likely N-dealkylation sites (tertiary alicyclic amines) is 1. The summed E-state index contributed by atoms with van der Waals surface area (Å²) in [5.74, 6) is 0.888. The lowest BCUT2D eigenvalue weighted by Gasteiger charge is -2.36. The molecule has 0 aliphatic carbocycles. The zero-order valence-corrected chi connectivity index (χ0v) is 14.5. The molecule has 9 heteroatoms. The smallest absolute Gasteiger partial charge is 0.265 e. The Balaban J connectivity index is 1.44. The van der Waals surface area contributed by atoms with Crippen LogP contribution in [0.15, 0.2) is 39.9 Å². The highest BCUT2D eigenvalue weighted by atomic mass is 16.7. The number of aliphatic hydroxyl groups excluding tert-OH is 1. The summed E-state index contributed by atoms with van der Waals surface area (Å²) in [5.41, 5.74) is 0.0187. The van der Waals surface area contributed by atoms with Crippen LogP contribution < -0.4 is 20.6 Å². The van der Waals surface area contributed by atoms with Crippen molar-refractivity contribution in [1.29, 1.82) is 0 Å². The van der Waals surface area contributed by atoms with E-state index in [0.717, 1.165) is 22.4 Å². The van der Waals surface area contributed by atoms with E-state index >= 15 is 0 Å². The summed E-state index contributed by atoms with van der Waals surface area (Å²) in [6, 6.07) is 7.81. The normalized spacial score (nSPS) is 21.3. The molecule has 2 aliphatic heterocycles. The van der Waals surface area contributed by atoms with E-state index in [0.29, 0.717) is 24.5 Å². The van der Waals surface area contributed by atoms with Gasteiger partial charge in [-0.1, -0.05) is 6.07 Å². The number of nitrogens with zero attached hydrogens (tertiary/aromatic N) is 2. The maximum absolute atomic E-state index is 12.5. The summed E-state index contributed by atoms with van der Waals surface area (Å²) >= 11 is 0. The zero-order valence-electron chi connectivity index (χ0n) is 14.5. The molecule has 0 saturated carbocycles. The van der Waals surface area contributed by atoms with Crippen molar-refractivity contribution in [2.75, 3.05) is 19.9 Å². The molecule has 27 heavy (non-hydrogen) atoms. The molecule has 1 aromatic carbocycles. The van der Waals surface area contributed by atoms with Crippen LogP contribution in [-0.4, -0.2) is 51.7 Å². The maximum atomic E-state index is 12.5. The first kappa shape index (κ1) is 17.3. The van der Waals surface area contributed by atoms with Gasteiger partial charge >= 0.3 is 0 Å². The van der Waals surface area contributed by atoms with E-state index < -0.39 is 17.2 Å². The highest BCUT2D eigenvalue weighted by Gasteiger charge is 2.32. The number of carbonyl (C=O) groups excluding carboxylic acids is 1. The molecule has 4 rings (SSSR count). The number of H-pyrrole nitrogens is 1. The lowest BCUT2D eigenvalue weighted by atomic mass is 9.87. The molecule has 0 radical (unpaired) electrons. The van der Waals surface area contributed by atoms with E-state index in [9.17, 15) is 19.5 Å². The number of ether oxygens (including phenoxy) is 2. The topological polar surface area (TPSA) is 114 Å². The van der Waals surface area contributed by atoms with E-state index in [4.69, 9.17) is 9.47 Å². The molecule has 0 bridgehead atoms. The molecule has 1 saturated heterocycles. The van der Waals surface area contributed by atoms with Gasteiger partial charge in [-0.25, -0.2) is 4.68 Å². The van der Waals surface area contributed by atoms with Crippen LogP contribution >= 0.6 is 0 Å². The van der Waals surface area contributed by atoms with Gasteiger partial charge in [0.1, 0.15) is 6.54 Å². The van der Waals surface area contributed by atoms with Crippen molar-refractivity contribution in [3.63, 3.8) is 0 Å². The Bertz CT molecular complexity index is 982. The molecular weight excluding hydrogens is 354 g/mol. The van der Waals surface area contributed by atoms with Crippen LogP contribution in [0.4, 0.5) is 0 Å². The molecular formula is C18H19N3O6. The number of piperidine rings is 1. The largest absolute Gasteiger partial charge is 0.454 e. The van der Waals surface area contributed by atoms with E-state index in [1.54, 1.807) is 0 Å². The van der Waals surface area contributed by atoms with Gasteiger partial charge in [-0.2, -0.15) is 0 Å². The van der Waals surface area contributed by atoms with Crippen molar-refractivity contribution in [2.45, 2.75) is 25.0 Å². The van der Waals surface area contributed by atoms with Crippen molar-refractivity contribution >= 4 is 5.91 Å². The number of amides is 1. The lowest BCUT2D eigenvalue weighted by molar-refractivity contribution is -0.135. The van der Waals surface area contributed by atoms with Gasteiger partial charge in [0, 0.05) is 31.1 Å². The Morgan fingerprint density at radius 1 is 1.19 bits per heavy atom. The average Bonchev–Trinajstić information content (AvgIpc) is 3.12. The number of hydrogen-bond acceptors (Lipinski definition) is 6. The van der Waals surface area contributed by atoms with Gasteiger partial charge in [0.2, 0.25) is 12.7 Å². The summed E-state index contributed by atoms with van der Waals surface area (Å²) in [7, 11) is 0. The third-order valence-corrected chi connectivity index (χ3v) is 4.94. The van der Waals surface area contributed by atoms with Gasteiger partial charge in [-0.15, -0.1) is 0 Å². The van der Waals surface area contributed by atoms with Crippen LogP contribution in [0, 0.1) is 0 Å². The van der Waals surface area contributed by atoms with Gasteiger partial charge in [0.05, 0.1) is 6.10 Å². The van der Waals surface area contributed by atoms with Gasteiger partial charge in [-0.05, 0) is 24.1 Å². The number of hydrogen-bond donors (Lipinski definition) is 2. The summed E-state index contributed by atoms with van der Waals surface area (Å²) in [6.45, 7) is 0.524. The van der Waals surface area contributed by atoms with Crippen LogP contribution in [0.5, 0.6) is 11.5 Å². The van der Waals surface area contributed by atoms with Crippen LogP contribution in [0.1, 0.15) is 17.9 Å². The number of carbonyl (C=O) groups is 1. The number of fused-ring (bicyclic) bond motifs is 1. The fourth-order valence-electron chi connectivity index (χ4n) is 3.51. The molecule has 2 aliphatic rings. The first-order valence-electron chi connectivity index (χ1n) is 8.67. The summed E-state index contributed by atoms with van der Waals surface area (Å²) in [4.78, 5) is 37.0. The molecule has 1 amide bonds. The van der Waals surface area contributed by atoms with Crippen molar-refractivity contribution in [3.05, 3.63) is 56.6 Å². The van der Waals surface area contributed by atoms with Gasteiger partial charge in [-0.3, -0.25) is 19.5 Å². The second kappa shape index (κ2) is 6.92. The molecule has 0 spiro atoms. The van der Waals surface area contributed by atoms with Crippen LogP contribution in [0.2, 0.25) is 0 Å². The number of β-amino-alcohol motifs (C(OH)–C–C–N with tert-alkyl or cyclic N) is 1. The summed E-state index contributed by atoms with van der Waals surface area (Å²) in [5, 5.41) is 12.9. The minimum absolute atomic E-state index is 0.122. The molecule has 1 aromatic heterocycles. The van der Waals surface area contributed by atoms with Crippen molar-refractivity contribution in [1.82, 2.24) is 14.7 Å². The minimum atomic E-state index is -0.741. The molecule has 2 N–H and O–H groups in total. The molecule has 1 fully saturated rings. The Morgan fingerprint density at radius 3 is 2.81 bits per heavy atom. The van der Waals surface area contributed by atoms with E-state index in [1.807, 2.05) is 18.2 Å². The second-order valence-corrected chi connectivity index (χ2v) is 6.65. The number of rotatable bonds is 3.